The molecule has 0 saturated carbocycles. The van der Waals surface area contributed by atoms with Gasteiger partial charge >= 0.3 is 0 Å². The molecular formula is C21H15N5O3. The van der Waals surface area contributed by atoms with Gasteiger partial charge in [0.05, 0.1) is 17.5 Å². The van der Waals surface area contributed by atoms with Crippen LogP contribution < -0.4 is 10.9 Å². The Balaban J connectivity index is 1.47. The van der Waals surface area contributed by atoms with E-state index in [2.05, 4.69) is 20.6 Å². The molecule has 0 fully saturated rings. The summed E-state index contributed by atoms with van der Waals surface area (Å²) in [6.07, 6.45) is 1.48. The maximum atomic E-state index is 12.8. The summed E-state index contributed by atoms with van der Waals surface area (Å²) in [5, 5.41) is 15.4. The van der Waals surface area contributed by atoms with Crippen LogP contribution in [0.5, 0.6) is 0 Å². The average molecular weight is 385 g/mol. The molecule has 142 valence electrons. The van der Waals surface area contributed by atoms with Crippen molar-refractivity contribution >= 4 is 33.5 Å². The van der Waals surface area contributed by atoms with Gasteiger partial charge in [-0.05, 0) is 37.3 Å². The molecule has 0 aliphatic carbocycles. The van der Waals surface area contributed by atoms with E-state index in [1.54, 1.807) is 19.1 Å². The number of fused-ring (bicyclic) bond motifs is 3. The first kappa shape index (κ1) is 16.9. The predicted molar refractivity (Wildman–Crippen MR) is 108 cm³/mol. The first-order valence-corrected chi connectivity index (χ1v) is 8.93. The fourth-order valence-corrected chi connectivity index (χ4v) is 3.32. The second-order valence-corrected chi connectivity index (χ2v) is 6.60. The third-order valence-corrected chi connectivity index (χ3v) is 4.77. The van der Waals surface area contributed by atoms with Gasteiger partial charge in [-0.15, -0.1) is 0 Å². The van der Waals surface area contributed by atoms with Crippen molar-refractivity contribution in [2.75, 3.05) is 5.32 Å². The number of H-pyrrole nitrogens is 1. The molecule has 8 heteroatoms. The summed E-state index contributed by atoms with van der Waals surface area (Å²) in [6.45, 7) is 1.77. The quantitative estimate of drug-likeness (QED) is 0.495. The van der Waals surface area contributed by atoms with Crippen LogP contribution in [0.2, 0.25) is 0 Å². The van der Waals surface area contributed by atoms with Gasteiger partial charge < -0.3 is 9.73 Å². The molecule has 0 radical (unpaired) electrons. The van der Waals surface area contributed by atoms with E-state index in [0.29, 0.717) is 22.8 Å². The molecule has 3 aromatic heterocycles. The van der Waals surface area contributed by atoms with E-state index in [9.17, 15) is 9.59 Å². The Labute approximate surface area is 163 Å². The summed E-state index contributed by atoms with van der Waals surface area (Å²) < 4.78 is 7.32. The van der Waals surface area contributed by atoms with E-state index >= 15 is 0 Å². The molecule has 2 aromatic carbocycles. The van der Waals surface area contributed by atoms with Crippen LogP contribution in [0.1, 0.15) is 16.1 Å². The second-order valence-electron chi connectivity index (χ2n) is 6.60. The van der Waals surface area contributed by atoms with E-state index in [4.69, 9.17) is 4.42 Å². The molecular weight excluding hydrogens is 370 g/mol. The highest BCUT2D eigenvalue weighted by Gasteiger charge is 2.17. The third kappa shape index (κ3) is 2.87. The maximum absolute atomic E-state index is 12.8. The monoisotopic (exact) mass is 385 g/mol. The SMILES string of the molecule is Cc1c(C(=O)Nc2ccc3oc4ccccc4c3c2)cnn1-c1ccc(=O)[nH]n1. The minimum atomic E-state index is -0.307. The van der Waals surface area contributed by atoms with Crippen LogP contribution in [0.3, 0.4) is 0 Å². The number of carbonyl (C=O) groups excluding carboxylic acids is 1. The highest BCUT2D eigenvalue weighted by Crippen LogP contribution is 2.30. The lowest BCUT2D eigenvalue weighted by Crippen LogP contribution is -2.14. The fraction of sp³-hybridized carbons (Fsp3) is 0.0476. The summed E-state index contributed by atoms with van der Waals surface area (Å²) >= 11 is 0. The minimum absolute atomic E-state index is 0.287. The number of carbonyl (C=O) groups is 1. The molecule has 0 spiro atoms. The molecule has 0 bridgehead atoms. The average Bonchev–Trinajstić information content (AvgIpc) is 3.29. The van der Waals surface area contributed by atoms with E-state index in [-0.39, 0.29) is 11.5 Å². The summed E-state index contributed by atoms with van der Waals surface area (Å²) in [5.41, 5.74) is 2.93. The Bertz CT molecular complexity index is 1420. The number of furan rings is 1. The molecule has 29 heavy (non-hydrogen) atoms. The molecule has 8 nitrogen and oxygen atoms in total. The summed E-state index contributed by atoms with van der Waals surface area (Å²) in [5.74, 6) is 0.137. The van der Waals surface area contributed by atoms with Crippen molar-refractivity contribution in [3.8, 4) is 5.82 Å². The predicted octanol–water partition coefficient (Wildman–Crippen LogP) is 3.42. The number of para-hydroxylation sites is 1. The number of amides is 1. The van der Waals surface area contributed by atoms with Crippen molar-refractivity contribution in [1.82, 2.24) is 20.0 Å². The van der Waals surface area contributed by atoms with Gasteiger partial charge in [0.1, 0.15) is 11.2 Å². The standard InChI is InChI=1S/C21H15N5O3/c1-12-16(11-22-26(12)19-8-9-20(27)25-24-19)21(28)23-13-6-7-18-15(10-13)14-4-2-3-5-17(14)29-18/h2-11H,1H3,(H,23,28)(H,25,27). The zero-order valence-corrected chi connectivity index (χ0v) is 15.3. The molecule has 0 atom stereocenters. The number of anilines is 1. The van der Waals surface area contributed by atoms with Gasteiger partial charge in [0.2, 0.25) is 0 Å². The summed E-state index contributed by atoms with van der Waals surface area (Å²) in [6, 6.07) is 16.2. The van der Waals surface area contributed by atoms with Crippen molar-refractivity contribution in [2.45, 2.75) is 6.92 Å². The molecule has 0 saturated heterocycles. The first-order chi connectivity index (χ1) is 14.1. The number of aromatic amines is 1. The van der Waals surface area contributed by atoms with Gasteiger partial charge in [0.15, 0.2) is 5.82 Å². The Hall–Kier alpha value is -4.20. The maximum Gasteiger partial charge on any atom is 0.264 e. The largest absolute Gasteiger partial charge is 0.456 e. The number of nitrogens with one attached hydrogen (secondary N) is 2. The number of hydrogen-bond acceptors (Lipinski definition) is 5. The van der Waals surface area contributed by atoms with Crippen LogP contribution in [-0.4, -0.2) is 25.9 Å². The number of hydrogen-bond donors (Lipinski definition) is 2. The van der Waals surface area contributed by atoms with E-state index in [1.165, 1.54) is 16.9 Å². The summed E-state index contributed by atoms with van der Waals surface area (Å²) in [4.78, 5) is 24.0. The van der Waals surface area contributed by atoms with Crippen molar-refractivity contribution in [2.24, 2.45) is 0 Å². The van der Waals surface area contributed by atoms with Crippen LogP contribution in [0.4, 0.5) is 5.69 Å². The van der Waals surface area contributed by atoms with Crippen LogP contribution in [-0.2, 0) is 0 Å². The second kappa shape index (κ2) is 6.45. The Kier molecular flexibility index (Phi) is 3.77. The van der Waals surface area contributed by atoms with Crippen molar-refractivity contribution in [3.05, 3.63) is 82.4 Å². The molecule has 2 N–H and O–H groups in total. The van der Waals surface area contributed by atoms with Crippen LogP contribution in [0, 0.1) is 6.92 Å². The van der Waals surface area contributed by atoms with Gasteiger partial charge in [0, 0.05) is 22.5 Å². The highest BCUT2D eigenvalue weighted by atomic mass is 16.3. The van der Waals surface area contributed by atoms with Gasteiger partial charge in [-0.2, -0.15) is 10.2 Å². The Morgan fingerprint density at radius 2 is 1.90 bits per heavy atom. The van der Waals surface area contributed by atoms with E-state index in [1.807, 2.05) is 36.4 Å². The third-order valence-electron chi connectivity index (χ3n) is 4.77. The number of benzene rings is 2. The van der Waals surface area contributed by atoms with Crippen molar-refractivity contribution < 1.29 is 9.21 Å². The zero-order valence-electron chi connectivity index (χ0n) is 15.3. The van der Waals surface area contributed by atoms with Crippen molar-refractivity contribution in [1.29, 1.82) is 0 Å². The van der Waals surface area contributed by atoms with E-state index < -0.39 is 0 Å². The number of aromatic nitrogens is 4. The normalized spacial score (nSPS) is 11.2. The van der Waals surface area contributed by atoms with Crippen LogP contribution in [0.25, 0.3) is 27.8 Å². The molecule has 5 aromatic rings. The lowest BCUT2D eigenvalue weighted by molar-refractivity contribution is 0.102. The highest BCUT2D eigenvalue weighted by molar-refractivity contribution is 6.09. The lowest BCUT2D eigenvalue weighted by atomic mass is 10.1. The molecule has 0 aliphatic heterocycles. The van der Waals surface area contributed by atoms with E-state index in [0.717, 1.165) is 21.9 Å². The van der Waals surface area contributed by atoms with Gasteiger partial charge in [-0.3, -0.25) is 9.59 Å². The van der Waals surface area contributed by atoms with Gasteiger partial charge in [0.25, 0.3) is 11.5 Å². The molecule has 1 amide bonds. The minimum Gasteiger partial charge on any atom is -0.456 e. The lowest BCUT2D eigenvalue weighted by Gasteiger charge is -2.06. The van der Waals surface area contributed by atoms with Gasteiger partial charge in [-0.25, -0.2) is 9.78 Å². The van der Waals surface area contributed by atoms with Crippen molar-refractivity contribution in [3.63, 3.8) is 0 Å². The Morgan fingerprint density at radius 1 is 1.07 bits per heavy atom. The van der Waals surface area contributed by atoms with Crippen LogP contribution >= 0.6 is 0 Å². The molecule has 0 unspecified atom stereocenters. The van der Waals surface area contributed by atoms with Gasteiger partial charge in [-0.1, -0.05) is 18.2 Å². The van der Waals surface area contributed by atoms with Crippen LogP contribution in [0.15, 0.2) is 70.0 Å². The summed E-state index contributed by atoms with van der Waals surface area (Å²) in [7, 11) is 0. The zero-order chi connectivity index (χ0) is 20.0. The topological polar surface area (TPSA) is 106 Å². The molecule has 0 aliphatic rings. The molecule has 5 rings (SSSR count). The number of nitrogens with zero attached hydrogens (tertiary/aromatic N) is 3. The smallest absolute Gasteiger partial charge is 0.264 e. The first-order valence-electron chi connectivity index (χ1n) is 8.93. The Morgan fingerprint density at radius 3 is 2.72 bits per heavy atom. The fourth-order valence-electron chi connectivity index (χ4n) is 3.32. The molecule has 3 heterocycles. The number of rotatable bonds is 3.